The van der Waals surface area contributed by atoms with Gasteiger partial charge in [0.15, 0.2) is 5.75 Å². The van der Waals surface area contributed by atoms with Gasteiger partial charge in [-0.15, -0.1) is 0 Å². The Labute approximate surface area is 222 Å². The molecule has 1 N–H and O–H groups in total. The number of carbonyl (C=O) groups is 3. The van der Waals surface area contributed by atoms with Crippen LogP contribution in [0, 0.1) is 11.3 Å². The summed E-state index contributed by atoms with van der Waals surface area (Å²) in [6.07, 6.45) is 1.35. The standard InChI is InChI=1S/C25H14Br2ClN3O4/c26-17-5-7-18(8-6-17)31-24(33)19(23(32)30-25(31)34)9-14-10-20(27)22(21(28)11-14)35-13-16-4-2-1-3-15(16)12-29/h1-11H,13H2,(H,30,32,34)/b19-9+. The third-order valence-electron chi connectivity index (χ3n) is 5.03. The molecule has 174 valence electrons. The molecule has 0 spiro atoms. The molecule has 35 heavy (non-hydrogen) atoms. The van der Waals surface area contributed by atoms with Crippen molar-refractivity contribution in [3.8, 4) is 11.8 Å². The van der Waals surface area contributed by atoms with Crippen molar-refractivity contribution in [2.45, 2.75) is 6.61 Å². The summed E-state index contributed by atoms with van der Waals surface area (Å²) in [5.74, 6) is -1.23. The summed E-state index contributed by atoms with van der Waals surface area (Å²) < 4.78 is 7.08. The van der Waals surface area contributed by atoms with E-state index in [1.165, 1.54) is 12.1 Å². The number of urea groups is 1. The molecule has 1 aliphatic heterocycles. The van der Waals surface area contributed by atoms with E-state index < -0.39 is 17.8 Å². The zero-order chi connectivity index (χ0) is 25.1. The van der Waals surface area contributed by atoms with Crippen LogP contribution < -0.4 is 15.0 Å². The second kappa shape index (κ2) is 10.4. The first-order valence-corrected chi connectivity index (χ1v) is 12.0. The van der Waals surface area contributed by atoms with Crippen molar-refractivity contribution >= 4 is 73.1 Å². The van der Waals surface area contributed by atoms with Crippen LogP contribution in [0.4, 0.5) is 10.5 Å². The van der Waals surface area contributed by atoms with Gasteiger partial charge in [0, 0.05) is 10.0 Å². The van der Waals surface area contributed by atoms with E-state index in [4.69, 9.17) is 16.3 Å². The lowest BCUT2D eigenvalue weighted by Gasteiger charge is -2.26. The molecular weight excluding hydrogens is 602 g/mol. The minimum Gasteiger partial charge on any atom is -0.486 e. The van der Waals surface area contributed by atoms with Crippen LogP contribution in [-0.2, 0) is 16.2 Å². The van der Waals surface area contributed by atoms with E-state index in [0.29, 0.717) is 32.6 Å². The highest BCUT2D eigenvalue weighted by Gasteiger charge is 2.36. The Balaban J connectivity index is 1.61. The highest BCUT2D eigenvalue weighted by Crippen LogP contribution is 2.36. The maximum absolute atomic E-state index is 13.1. The fraction of sp³-hybridized carbons (Fsp3) is 0.0400. The Kier molecular flexibility index (Phi) is 7.36. The Morgan fingerprint density at radius 2 is 1.77 bits per heavy atom. The number of benzene rings is 3. The Bertz CT molecular complexity index is 1410. The number of barbiturate groups is 1. The van der Waals surface area contributed by atoms with Gasteiger partial charge in [-0.1, -0.05) is 45.7 Å². The first-order chi connectivity index (χ1) is 16.8. The number of nitriles is 1. The third-order valence-corrected chi connectivity index (χ3v) is 6.43. The lowest BCUT2D eigenvalue weighted by molar-refractivity contribution is -0.122. The third kappa shape index (κ3) is 5.30. The van der Waals surface area contributed by atoms with Gasteiger partial charge in [-0.3, -0.25) is 14.9 Å². The van der Waals surface area contributed by atoms with Crippen LogP contribution in [0.2, 0.25) is 5.02 Å². The second-order valence-corrected chi connectivity index (χ2v) is 9.48. The van der Waals surface area contributed by atoms with Crippen molar-refractivity contribution in [3.63, 3.8) is 0 Å². The number of amides is 4. The number of hydrogen-bond donors (Lipinski definition) is 1. The molecule has 0 aromatic heterocycles. The normalized spacial score (nSPS) is 14.6. The zero-order valence-corrected chi connectivity index (χ0v) is 21.6. The summed E-state index contributed by atoms with van der Waals surface area (Å²) in [5, 5.41) is 11.7. The first-order valence-electron chi connectivity index (χ1n) is 10.1. The van der Waals surface area contributed by atoms with Gasteiger partial charge in [-0.05, 0) is 70.0 Å². The van der Waals surface area contributed by atoms with Crippen molar-refractivity contribution < 1.29 is 19.1 Å². The van der Waals surface area contributed by atoms with E-state index in [1.807, 2.05) is 0 Å². The molecule has 0 bridgehead atoms. The van der Waals surface area contributed by atoms with E-state index in [2.05, 4.69) is 43.2 Å². The second-order valence-electron chi connectivity index (χ2n) is 7.31. The number of rotatable bonds is 5. The van der Waals surface area contributed by atoms with Crippen LogP contribution >= 0.6 is 43.5 Å². The van der Waals surface area contributed by atoms with Gasteiger partial charge < -0.3 is 4.74 Å². The van der Waals surface area contributed by atoms with Gasteiger partial charge in [-0.25, -0.2) is 9.69 Å². The molecule has 0 unspecified atom stereocenters. The summed E-state index contributed by atoms with van der Waals surface area (Å²) in [6.45, 7) is 0.119. The van der Waals surface area contributed by atoms with Crippen molar-refractivity contribution in [3.05, 3.63) is 96.9 Å². The van der Waals surface area contributed by atoms with Crippen molar-refractivity contribution in [2.75, 3.05) is 4.90 Å². The van der Waals surface area contributed by atoms with Crippen molar-refractivity contribution in [1.29, 1.82) is 5.26 Å². The highest BCUT2D eigenvalue weighted by atomic mass is 79.9. The molecule has 1 heterocycles. The number of nitrogens with zero attached hydrogens (tertiary/aromatic N) is 2. The molecule has 0 radical (unpaired) electrons. The van der Waals surface area contributed by atoms with Crippen LogP contribution in [0.5, 0.6) is 5.75 Å². The molecule has 1 aliphatic rings. The highest BCUT2D eigenvalue weighted by molar-refractivity contribution is 9.10. The minimum absolute atomic E-state index is 0.119. The van der Waals surface area contributed by atoms with Crippen LogP contribution in [0.25, 0.3) is 6.08 Å². The summed E-state index contributed by atoms with van der Waals surface area (Å²) in [5.41, 5.74) is 1.72. The predicted octanol–water partition coefficient (Wildman–Crippen LogP) is 5.98. The maximum Gasteiger partial charge on any atom is 0.335 e. The molecule has 0 saturated carbocycles. The SMILES string of the molecule is N#Cc1ccccc1COc1c(Cl)cc(/C=C2\C(=O)NC(=O)N(c3ccc(Br)cc3)C2=O)cc1Br. The number of nitrogens with one attached hydrogen (secondary N) is 1. The van der Waals surface area contributed by atoms with Crippen molar-refractivity contribution in [1.82, 2.24) is 5.32 Å². The lowest BCUT2D eigenvalue weighted by Crippen LogP contribution is -2.54. The number of imide groups is 2. The van der Waals surface area contributed by atoms with E-state index in [-0.39, 0.29) is 17.2 Å². The molecule has 7 nitrogen and oxygen atoms in total. The molecular formula is C25H14Br2ClN3O4. The van der Waals surface area contributed by atoms with E-state index in [1.54, 1.807) is 54.6 Å². The summed E-state index contributed by atoms with van der Waals surface area (Å²) >= 11 is 13.1. The van der Waals surface area contributed by atoms with Gasteiger partial charge in [-0.2, -0.15) is 5.26 Å². The number of ether oxygens (including phenoxy) is 1. The molecule has 4 amide bonds. The molecule has 1 saturated heterocycles. The van der Waals surface area contributed by atoms with Gasteiger partial charge in [0.05, 0.1) is 26.8 Å². The summed E-state index contributed by atoms with van der Waals surface area (Å²) in [7, 11) is 0. The molecule has 3 aromatic carbocycles. The van der Waals surface area contributed by atoms with E-state index in [0.717, 1.165) is 9.37 Å². The molecule has 10 heteroatoms. The quantitative estimate of drug-likeness (QED) is 0.281. The van der Waals surface area contributed by atoms with E-state index in [9.17, 15) is 19.6 Å². The van der Waals surface area contributed by atoms with Crippen LogP contribution in [-0.4, -0.2) is 17.8 Å². The van der Waals surface area contributed by atoms with Gasteiger partial charge in [0.25, 0.3) is 11.8 Å². The average molecular weight is 616 g/mol. The number of halogens is 3. The predicted molar refractivity (Wildman–Crippen MR) is 138 cm³/mol. The van der Waals surface area contributed by atoms with Crippen LogP contribution in [0.1, 0.15) is 16.7 Å². The smallest absolute Gasteiger partial charge is 0.335 e. The largest absolute Gasteiger partial charge is 0.486 e. The first kappa shape index (κ1) is 24.7. The van der Waals surface area contributed by atoms with Crippen LogP contribution in [0.15, 0.2) is 75.2 Å². The number of carbonyl (C=O) groups excluding carboxylic acids is 3. The van der Waals surface area contributed by atoms with Gasteiger partial charge in [0.1, 0.15) is 12.2 Å². The van der Waals surface area contributed by atoms with Crippen LogP contribution in [0.3, 0.4) is 0 Å². The monoisotopic (exact) mass is 613 g/mol. The van der Waals surface area contributed by atoms with Gasteiger partial charge >= 0.3 is 6.03 Å². The number of hydrogen-bond acceptors (Lipinski definition) is 5. The molecule has 1 fully saturated rings. The molecule has 0 atom stereocenters. The maximum atomic E-state index is 13.1. The molecule has 3 aromatic rings. The Morgan fingerprint density at radius 1 is 1.06 bits per heavy atom. The van der Waals surface area contributed by atoms with Crippen molar-refractivity contribution in [2.24, 2.45) is 0 Å². The topological polar surface area (TPSA) is 99.5 Å². The molecule has 0 aliphatic carbocycles. The molecule has 4 rings (SSSR count). The Hall–Kier alpha value is -3.45. The fourth-order valence-electron chi connectivity index (χ4n) is 3.35. The zero-order valence-electron chi connectivity index (χ0n) is 17.7. The lowest BCUT2D eigenvalue weighted by atomic mass is 10.1. The minimum atomic E-state index is -0.833. The van der Waals surface area contributed by atoms with Gasteiger partial charge in [0.2, 0.25) is 0 Å². The summed E-state index contributed by atoms with van der Waals surface area (Å²) in [4.78, 5) is 38.8. The fourth-order valence-corrected chi connectivity index (χ4v) is 4.61. The van der Waals surface area contributed by atoms with E-state index >= 15 is 0 Å². The summed E-state index contributed by atoms with van der Waals surface area (Å²) in [6, 6.07) is 18.0. The number of anilines is 1. The Morgan fingerprint density at radius 3 is 2.46 bits per heavy atom. The average Bonchev–Trinajstić information content (AvgIpc) is 2.82.